The Hall–Kier alpha value is -2.07. The molecule has 0 fully saturated rings. The summed E-state index contributed by atoms with van der Waals surface area (Å²) >= 11 is 6.24. The fraction of sp³-hybridized carbons (Fsp3) is 0.400. The van der Waals surface area contributed by atoms with Crippen molar-refractivity contribution in [2.75, 3.05) is 13.1 Å². The molecule has 2 N–H and O–H groups in total. The van der Waals surface area contributed by atoms with Crippen molar-refractivity contribution < 1.29 is 9.59 Å². The molecule has 0 bridgehead atoms. The lowest BCUT2D eigenvalue weighted by atomic mass is 9.91. The summed E-state index contributed by atoms with van der Waals surface area (Å²) in [6.07, 6.45) is 3.80. The van der Waals surface area contributed by atoms with Crippen LogP contribution in [0.3, 0.4) is 0 Å². The minimum atomic E-state index is -0.324. The van der Waals surface area contributed by atoms with Crippen molar-refractivity contribution in [3.63, 3.8) is 0 Å². The Morgan fingerprint density at radius 3 is 1.96 bits per heavy atom. The molecule has 0 aliphatic heterocycles. The van der Waals surface area contributed by atoms with E-state index >= 15 is 0 Å². The van der Waals surface area contributed by atoms with Crippen LogP contribution in [0.4, 0.5) is 0 Å². The third-order valence-corrected chi connectivity index (χ3v) is 4.44. The van der Waals surface area contributed by atoms with Gasteiger partial charge in [-0.05, 0) is 18.4 Å². The van der Waals surface area contributed by atoms with Crippen LogP contribution < -0.4 is 10.6 Å². The molecule has 0 unspecified atom stereocenters. The van der Waals surface area contributed by atoms with Gasteiger partial charge in [-0.2, -0.15) is 0 Å². The topological polar surface area (TPSA) is 58.2 Å². The van der Waals surface area contributed by atoms with Gasteiger partial charge in [0.05, 0.1) is 11.3 Å². The van der Waals surface area contributed by atoms with E-state index in [2.05, 4.69) is 24.5 Å². The minimum Gasteiger partial charge on any atom is -0.381 e. The highest BCUT2D eigenvalue weighted by Gasteiger charge is 2.34. The van der Waals surface area contributed by atoms with Gasteiger partial charge in [0.2, 0.25) is 11.6 Å². The first-order valence-electron chi connectivity index (χ1n) is 8.88. The van der Waals surface area contributed by atoms with Crippen LogP contribution in [0.1, 0.15) is 45.1 Å². The van der Waals surface area contributed by atoms with Gasteiger partial charge < -0.3 is 10.6 Å². The fourth-order valence-electron chi connectivity index (χ4n) is 2.66. The predicted octanol–water partition coefficient (Wildman–Crippen LogP) is 3.78. The average molecular weight is 361 g/mol. The Morgan fingerprint density at radius 1 is 0.840 bits per heavy atom. The van der Waals surface area contributed by atoms with Gasteiger partial charge in [0, 0.05) is 13.1 Å². The summed E-state index contributed by atoms with van der Waals surface area (Å²) in [7, 11) is 0. The highest BCUT2D eigenvalue weighted by atomic mass is 35.5. The Labute approximate surface area is 154 Å². The predicted molar refractivity (Wildman–Crippen MR) is 102 cm³/mol. The normalized spacial score (nSPS) is 15.0. The summed E-state index contributed by atoms with van der Waals surface area (Å²) in [5, 5.41) is 6.16. The number of carbonyl (C=O) groups is 2. The molecule has 0 saturated carbocycles. The number of ketones is 2. The van der Waals surface area contributed by atoms with Gasteiger partial charge in [-0.15, -0.1) is 0 Å². The summed E-state index contributed by atoms with van der Waals surface area (Å²) < 4.78 is 0. The summed E-state index contributed by atoms with van der Waals surface area (Å²) in [4.78, 5) is 25.9. The van der Waals surface area contributed by atoms with E-state index < -0.39 is 0 Å². The SMILES string of the molecule is CCCCNC1=C(Cl)C(=O)C(NCCCC)=C(c2ccccc2)C1=O. The molecule has 0 saturated heterocycles. The van der Waals surface area contributed by atoms with Gasteiger partial charge in [-0.3, -0.25) is 9.59 Å². The third-order valence-electron chi connectivity index (χ3n) is 4.08. The zero-order valence-electron chi connectivity index (χ0n) is 14.8. The molecule has 0 heterocycles. The number of carbonyl (C=O) groups excluding carboxylic acids is 2. The minimum absolute atomic E-state index is 0.0280. The Morgan fingerprint density at radius 2 is 1.40 bits per heavy atom. The van der Waals surface area contributed by atoms with Crippen molar-refractivity contribution in [2.45, 2.75) is 39.5 Å². The first kappa shape index (κ1) is 19.3. The maximum atomic E-state index is 13.1. The van der Waals surface area contributed by atoms with Crippen LogP contribution in [0, 0.1) is 0 Å². The Kier molecular flexibility index (Phi) is 7.26. The second-order valence-electron chi connectivity index (χ2n) is 6.02. The van der Waals surface area contributed by atoms with Crippen LogP contribution >= 0.6 is 11.6 Å². The van der Waals surface area contributed by atoms with Crippen LogP contribution in [0.5, 0.6) is 0 Å². The number of allylic oxidation sites excluding steroid dienone is 2. The molecule has 5 heteroatoms. The van der Waals surface area contributed by atoms with Crippen LogP contribution in [0.15, 0.2) is 46.8 Å². The maximum Gasteiger partial charge on any atom is 0.223 e. The molecule has 0 radical (unpaired) electrons. The van der Waals surface area contributed by atoms with Crippen molar-refractivity contribution in [3.05, 3.63) is 52.3 Å². The molecule has 1 aromatic carbocycles. The van der Waals surface area contributed by atoms with Gasteiger partial charge in [-0.25, -0.2) is 0 Å². The number of rotatable bonds is 9. The second kappa shape index (κ2) is 9.42. The van der Waals surface area contributed by atoms with Gasteiger partial charge in [-0.1, -0.05) is 68.6 Å². The Bertz CT molecular complexity index is 693. The molecule has 1 aliphatic carbocycles. The van der Waals surface area contributed by atoms with Gasteiger partial charge in [0.15, 0.2) is 0 Å². The van der Waals surface area contributed by atoms with Crippen molar-refractivity contribution in [1.82, 2.24) is 10.6 Å². The van der Waals surface area contributed by atoms with Crippen LogP contribution in [0.25, 0.3) is 5.57 Å². The monoisotopic (exact) mass is 360 g/mol. The van der Waals surface area contributed by atoms with Gasteiger partial charge in [0.1, 0.15) is 10.7 Å². The van der Waals surface area contributed by atoms with E-state index in [0.717, 1.165) is 31.2 Å². The van der Waals surface area contributed by atoms with Crippen LogP contribution in [-0.4, -0.2) is 24.7 Å². The van der Waals surface area contributed by atoms with E-state index in [1.54, 1.807) is 0 Å². The zero-order valence-corrected chi connectivity index (χ0v) is 15.6. The van der Waals surface area contributed by atoms with Crippen molar-refractivity contribution >= 4 is 28.7 Å². The lowest BCUT2D eigenvalue weighted by molar-refractivity contribution is -0.115. The van der Waals surface area contributed by atoms with E-state index in [1.807, 2.05) is 30.3 Å². The molecular formula is C20H25ClN2O2. The van der Waals surface area contributed by atoms with E-state index in [4.69, 9.17) is 11.6 Å². The molecule has 0 spiro atoms. The van der Waals surface area contributed by atoms with Gasteiger partial charge >= 0.3 is 0 Å². The molecular weight excluding hydrogens is 336 g/mol. The molecule has 25 heavy (non-hydrogen) atoms. The lowest BCUT2D eigenvalue weighted by Gasteiger charge is -2.23. The lowest BCUT2D eigenvalue weighted by Crippen LogP contribution is -2.35. The smallest absolute Gasteiger partial charge is 0.223 e. The number of Topliss-reactive ketones (excluding diaryl/α,β-unsaturated/α-hetero) is 2. The zero-order chi connectivity index (χ0) is 18.2. The summed E-state index contributed by atoms with van der Waals surface area (Å²) in [6.45, 7) is 5.38. The quantitative estimate of drug-likeness (QED) is 0.519. The fourth-order valence-corrected chi connectivity index (χ4v) is 2.91. The number of nitrogens with one attached hydrogen (secondary N) is 2. The number of benzene rings is 1. The van der Waals surface area contributed by atoms with Crippen molar-refractivity contribution in [1.29, 1.82) is 0 Å². The second-order valence-corrected chi connectivity index (χ2v) is 6.40. The molecule has 1 aliphatic rings. The van der Waals surface area contributed by atoms with E-state index in [-0.39, 0.29) is 22.3 Å². The largest absolute Gasteiger partial charge is 0.381 e. The van der Waals surface area contributed by atoms with Crippen LogP contribution in [-0.2, 0) is 9.59 Å². The molecule has 134 valence electrons. The third kappa shape index (κ3) is 4.51. The number of hydrogen-bond donors (Lipinski definition) is 2. The van der Waals surface area contributed by atoms with E-state index in [9.17, 15) is 9.59 Å². The van der Waals surface area contributed by atoms with Gasteiger partial charge in [0.25, 0.3) is 0 Å². The number of hydrogen-bond acceptors (Lipinski definition) is 4. The highest BCUT2D eigenvalue weighted by Crippen LogP contribution is 2.31. The Balaban J connectivity index is 2.41. The summed E-state index contributed by atoms with van der Waals surface area (Å²) in [6, 6.07) is 9.27. The molecule has 0 amide bonds. The standard InChI is InChI=1S/C20H25ClN2O2/c1-3-5-12-22-17-15(14-10-8-7-9-11-14)19(24)18(16(21)20(17)25)23-13-6-4-2/h7-11,22-23H,3-6,12-13H2,1-2H3. The summed E-state index contributed by atoms with van der Waals surface area (Å²) in [5.74, 6) is -0.555. The number of unbranched alkanes of at least 4 members (excludes halogenated alkanes) is 2. The molecule has 1 aromatic rings. The molecule has 2 rings (SSSR count). The number of halogens is 1. The first-order valence-corrected chi connectivity index (χ1v) is 9.26. The highest BCUT2D eigenvalue weighted by molar-refractivity contribution is 6.53. The molecule has 4 nitrogen and oxygen atoms in total. The van der Waals surface area contributed by atoms with E-state index in [1.165, 1.54) is 0 Å². The van der Waals surface area contributed by atoms with Crippen molar-refractivity contribution in [2.24, 2.45) is 0 Å². The maximum absolute atomic E-state index is 13.1. The first-order chi connectivity index (χ1) is 12.1. The summed E-state index contributed by atoms with van der Waals surface area (Å²) in [5.41, 5.74) is 1.62. The van der Waals surface area contributed by atoms with Crippen molar-refractivity contribution in [3.8, 4) is 0 Å². The molecule has 0 aromatic heterocycles. The van der Waals surface area contributed by atoms with Crippen LogP contribution in [0.2, 0.25) is 0 Å². The van der Waals surface area contributed by atoms with E-state index in [0.29, 0.717) is 24.4 Å². The molecule has 0 atom stereocenters. The average Bonchev–Trinajstić information content (AvgIpc) is 2.63.